The molecule has 0 radical (unpaired) electrons. The van der Waals surface area contributed by atoms with E-state index in [0.29, 0.717) is 13.1 Å². The van der Waals surface area contributed by atoms with Crippen LogP contribution in [0.25, 0.3) is 0 Å². The fraction of sp³-hybridized carbons (Fsp3) is 0.571. The molecule has 0 aromatic carbocycles. The molecule has 1 aliphatic rings. The van der Waals surface area contributed by atoms with E-state index in [1.807, 2.05) is 17.9 Å². The monoisotopic (exact) mass is 298 g/mol. The average molecular weight is 298 g/mol. The Balaban J connectivity index is 2.44. The van der Waals surface area contributed by atoms with Crippen LogP contribution in [-0.4, -0.2) is 30.7 Å². The van der Waals surface area contributed by atoms with Gasteiger partial charge in [0.15, 0.2) is 0 Å². The van der Waals surface area contributed by atoms with Crippen LogP contribution in [0.2, 0.25) is 0 Å². The summed E-state index contributed by atoms with van der Waals surface area (Å²) in [5, 5.41) is 12.3. The molecule has 4 nitrogen and oxygen atoms in total. The van der Waals surface area contributed by atoms with E-state index in [4.69, 9.17) is 5.26 Å². The van der Waals surface area contributed by atoms with Gasteiger partial charge in [-0.3, -0.25) is 0 Å². The first kappa shape index (κ1) is 15.6. The molecule has 0 amide bonds. The van der Waals surface area contributed by atoms with Crippen molar-refractivity contribution >= 4 is 5.82 Å². The summed E-state index contributed by atoms with van der Waals surface area (Å²) in [5.74, 6) is 0.142. The third-order valence-corrected chi connectivity index (χ3v) is 3.50. The number of hydrogen-bond acceptors (Lipinski definition) is 4. The van der Waals surface area contributed by atoms with Crippen LogP contribution in [0.1, 0.15) is 31.0 Å². The summed E-state index contributed by atoms with van der Waals surface area (Å²) in [6.45, 7) is 4.05. The van der Waals surface area contributed by atoms with Crippen LogP contribution in [0.3, 0.4) is 0 Å². The Morgan fingerprint density at radius 2 is 2.24 bits per heavy atom. The predicted octanol–water partition coefficient (Wildman–Crippen LogP) is 2.55. The van der Waals surface area contributed by atoms with Gasteiger partial charge >= 0.3 is 6.18 Å². The number of nitriles is 1. The summed E-state index contributed by atoms with van der Waals surface area (Å²) < 4.78 is 38.6. The fourth-order valence-corrected chi connectivity index (χ4v) is 2.52. The van der Waals surface area contributed by atoms with Crippen molar-refractivity contribution in [2.45, 2.75) is 32.0 Å². The fourth-order valence-electron chi connectivity index (χ4n) is 2.52. The molecule has 1 aromatic rings. The lowest BCUT2D eigenvalue weighted by atomic mass is 10.1. The van der Waals surface area contributed by atoms with Gasteiger partial charge in [-0.25, -0.2) is 4.98 Å². The van der Waals surface area contributed by atoms with E-state index < -0.39 is 11.9 Å². The van der Waals surface area contributed by atoms with Crippen LogP contribution in [0, 0.1) is 11.3 Å². The molecule has 0 bridgehead atoms. The molecule has 0 aliphatic carbocycles. The minimum Gasteiger partial charge on any atom is -0.351 e. The third kappa shape index (κ3) is 3.45. The number of anilines is 1. The standard InChI is InChI=1S/C14H17F3N4/c1-2-7-21(11-5-6-19-9-11)13-10(8-18)3-4-12(20-13)14(15,16)17/h3-4,11,19H,2,5-7,9H2,1H3. The van der Waals surface area contributed by atoms with Crippen molar-refractivity contribution in [3.63, 3.8) is 0 Å². The maximum Gasteiger partial charge on any atom is 0.433 e. The topological polar surface area (TPSA) is 52.0 Å². The van der Waals surface area contributed by atoms with Gasteiger partial charge in [0.1, 0.15) is 17.6 Å². The first-order chi connectivity index (χ1) is 9.97. The van der Waals surface area contributed by atoms with Crippen LogP contribution in [0.5, 0.6) is 0 Å². The van der Waals surface area contributed by atoms with E-state index in [1.54, 1.807) is 0 Å². The van der Waals surface area contributed by atoms with Gasteiger partial charge in [-0.1, -0.05) is 6.92 Å². The van der Waals surface area contributed by atoms with Crippen molar-refractivity contribution in [3.05, 3.63) is 23.4 Å². The van der Waals surface area contributed by atoms with Crippen molar-refractivity contribution < 1.29 is 13.2 Å². The third-order valence-electron chi connectivity index (χ3n) is 3.50. The van der Waals surface area contributed by atoms with Crippen molar-refractivity contribution in [2.24, 2.45) is 0 Å². The van der Waals surface area contributed by atoms with E-state index in [1.165, 1.54) is 6.07 Å². The first-order valence-electron chi connectivity index (χ1n) is 6.93. The second-order valence-electron chi connectivity index (χ2n) is 5.02. The van der Waals surface area contributed by atoms with Gasteiger partial charge in [-0.2, -0.15) is 18.4 Å². The molecular formula is C14H17F3N4. The Hall–Kier alpha value is -1.81. The zero-order chi connectivity index (χ0) is 15.5. The summed E-state index contributed by atoms with van der Waals surface area (Å²) in [5.41, 5.74) is -0.771. The Labute approximate surface area is 121 Å². The highest BCUT2D eigenvalue weighted by Gasteiger charge is 2.34. The van der Waals surface area contributed by atoms with Crippen LogP contribution < -0.4 is 10.2 Å². The van der Waals surface area contributed by atoms with E-state index in [9.17, 15) is 13.2 Å². The molecule has 2 heterocycles. The zero-order valence-electron chi connectivity index (χ0n) is 11.7. The molecule has 114 valence electrons. The molecule has 21 heavy (non-hydrogen) atoms. The smallest absolute Gasteiger partial charge is 0.351 e. The molecular weight excluding hydrogens is 281 g/mol. The van der Waals surface area contributed by atoms with Crippen LogP contribution in [0.15, 0.2) is 12.1 Å². The van der Waals surface area contributed by atoms with Crippen molar-refractivity contribution in [1.29, 1.82) is 5.26 Å². The number of hydrogen-bond donors (Lipinski definition) is 1. The van der Waals surface area contributed by atoms with Crippen LogP contribution >= 0.6 is 0 Å². The molecule has 0 saturated carbocycles. The molecule has 1 aliphatic heterocycles. The molecule has 1 atom stereocenters. The lowest BCUT2D eigenvalue weighted by Gasteiger charge is -2.30. The van der Waals surface area contributed by atoms with E-state index in [2.05, 4.69) is 10.3 Å². The maximum atomic E-state index is 12.9. The van der Waals surface area contributed by atoms with Gasteiger partial charge in [0, 0.05) is 19.1 Å². The second-order valence-corrected chi connectivity index (χ2v) is 5.02. The van der Waals surface area contributed by atoms with Gasteiger partial charge in [0.05, 0.1) is 5.56 Å². The minimum atomic E-state index is -4.51. The highest BCUT2D eigenvalue weighted by molar-refractivity contribution is 5.55. The summed E-state index contributed by atoms with van der Waals surface area (Å²) in [6, 6.07) is 4.09. The van der Waals surface area contributed by atoms with Gasteiger partial charge in [-0.05, 0) is 31.5 Å². The molecule has 1 unspecified atom stereocenters. The van der Waals surface area contributed by atoms with Crippen molar-refractivity contribution in [2.75, 3.05) is 24.5 Å². The van der Waals surface area contributed by atoms with Gasteiger partial charge in [0.25, 0.3) is 0 Å². The maximum absolute atomic E-state index is 12.9. The number of nitrogens with one attached hydrogen (secondary N) is 1. The van der Waals surface area contributed by atoms with E-state index in [-0.39, 0.29) is 17.4 Å². The number of rotatable bonds is 4. The predicted molar refractivity (Wildman–Crippen MR) is 72.9 cm³/mol. The highest BCUT2D eigenvalue weighted by Crippen LogP contribution is 2.31. The van der Waals surface area contributed by atoms with Gasteiger partial charge in [-0.15, -0.1) is 0 Å². The van der Waals surface area contributed by atoms with Crippen LogP contribution in [-0.2, 0) is 6.18 Å². The van der Waals surface area contributed by atoms with E-state index in [0.717, 1.165) is 25.5 Å². The molecule has 1 saturated heterocycles. The van der Waals surface area contributed by atoms with Gasteiger partial charge < -0.3 is 10.2 Å². The first-order valence-corrected chi connectivity index (χ1v) is 6.93. The normalized spacial score (nSPS) is 18.5. The van der Waals surface area contributed by atoms with E-state index >= 15 is 0 Å². The highest BCUT2D eigenvalue weighted by atomic mass is 19.4. The Morgan fingerprint density at radius 3 is 2.76 bits per heavy atom. The summed E-state index contributed by atoms with van der Waals surface area (Å²) in [7, 11) is 0. The van der Waals surface area contributed by atoms with Crippen LogP contribution in [0.4, 0.5) is 19.0 Å². The average Bonchev–Trinajstić information content (AvgIpc) is 2.97. The quantitative estimate of drug-likeness (QED) is 0.928. The number of halogens is 3. The molecule has 1 fully saturated rings. The molecule has 7 heteroatoms. The number of alkyl halides is 3. The number of aromatic nitrogens is 1. The van der Waals surface area contributed by atoms with Gasteiger partial charge in [0.2, 0.25) is 0 Å². The Bertz CT molecular complexity index is 530. The minimum absolute atomic E-state index is 0.0769. The Morgan fingerprint density at radius 1 is 1.48 bits per heavy atom. The summed E-state index contributed by atoms with van der Waals surface area (Å²) in [6.07, 6.45) is -2.89. The second kappa shape index (κ2) is 6.31. The molecule has 1 N–H and O–H groups in total. The molecule has 0 spiro atoms. The Kier molecular flexibility index (Phi) is 4.68. The number of nitrogens with zero attached hydrogens (tertiary/aromatic N) is 3. The summed E-state index contributed by atoms with van der Waals surface area (Å²) >= 11 is 0. The lowest BCUT2D eigenvalue weighted by molar-refractivity contribution is -0.141. The van der Waals surface area contributed by atoms with Crippen molar-refractivity contribution in [1.82, 2.24) is 10.3 Å². The molecule has 1 aromatic heterocycles. The largest absolute Gasteiger partial charge is 0.433 e. The molecule has 2 rings (SSSR count). The van der Waals surface area contributed by atoms with Crippen molar-refractivity contribution in [3.8, 4) is 6.07 Å². The number of pyridine rings is 1. The SMILES string of the molecule is CCCN(c1nc(C(F)(F)F)ccc1C#N)C1CCNC1. The lowest BCUT2D eigenvalue weighted by Crippen LogP contribution is -2.39. The summed E-state index contributed by atoms with van der Waals surface area (Å²) in [4.78, 5) is 5.56. The zero-order valence-corrected chi connectivity index (χ0v) is 11.7.